The molecule has 39 heavy (non-hydrogen) atoms. The van der Waals surface area contributed by atoms with E-state index in [2.05, 4.69) is 31.2 Å². The average Bonchev–Trinajstić information content (AvgIpc) is 3.42. The highest BCUT2D eigenvalue weighted by Crippen LogP contribution is 2.39. The number of aromatic nitrogens is 2. The largest absolute Gasteiger partial charge is 0.493 e. The second-order valence-corrected chi connectivity index (χ2v) is 9.93. The first kappa shape index (κ1) is 24.9. The molecule has 0 radical (unpaired) electrons. The normalized spacial score (nSPS) is 14.9. The van der Waals surface area contributed by atoms with E-state index in [1.54, 1.807) is 14.2 Å². The van der Waals surface area contributed by atoms with Gasteiger partial charge >= 0.3 is 0 Å². The maximum Gasteiger partial charge on any atom is 0.247 e. The zero-order valence-corrected chi connectivity index (χ0v) is 22.7. The van der Waals surface area contributed by atoms with Crippen LogP contribution in [0.4, 0.5) is 5.95 Å². The SMILES string of the molecule is COc1ccc(C2=NN(c3nc(-c4ccccc4)c4cc(Cl)ccc4n3)C(c3ccc(C)cc3)C2)cc1OC. The van der Waals surface area contributed by atoms with Gasteiger partial charge in [-0.15, -0.1) is 0 Å². The standard InChI is InChI=1S/C32H27ClN4O2/c1-20-9-11-21(12-10-20)28-19-27(23-13-16-29(38-2)30(17-23)39-3)36-37(28)32-34-26-15-14-24(33)18-25(26)31(35-32)22-7-5-4-6-8-22/h4-18,28H,19H2,1-3H3. The summed E-state index contributed by atoms with van der Waals surface area (Å²) in [5, 5.41) is 8.58. The summed E-state index contributed by atoms with van der Waals surface area (Å²) in [5.41, 5.74) is 6.83. The first-order valence-electron chi connectivity index (χ1n) is 12.7. The predicted molar refractivity (Wildman–Crippen MR) is 157 cm³/mol. The van der Waals surface area contributed by atoms with Crippen molar-refractivity contribution in [3.63, 3.8) is 0 Å². The van der Waals surface area contributed by atoms with Crippen LogP contribution in [0, 0.1) is 6.92 Å². The van der Waals surface area contributed by atoms with Gasteiger partial charge in [0.25, 0.3) is 0 Å². The molecule has 1 atom stereocenters. The Kier molecular flexibility index (Phi) is 6.63. The lowest BCUT2D eigenvalue weighted by atomic mass is 9.97. The number of ether oxygens (including phenoxy) is 2. The van der Waals surface area contributed by atoms with E-state index in [4.69, 9.17) is 36.1 Å². The van der Waals surface area contributed by atoms with Crippen LogP contribution >= 0.6 is 11.6 Å². The van der Waals surface area contributed by atoms with Crippen molar-refractivity contribution in [3.05, 3.63) is 113 Å². The molecule has 0 amide bonds. The summed E-state index contributed by atoms with van der Waals surface area (Å²) in [7, 11) is 3.27. The number of anilines is 1. The fourth-order valence-electron chi connectivity index (χ4n) is 4.94. The van der Waals surface area contributed by atoms with Crippen LogP contribution in [-0.4, -0.2) is 29.9 Å². The highest BCUT2D eigenvalue weighted by atomic mass is 35.5. The van der Waals surface area contributed by atoms with Gasteiger partial charge in [0.1, 0.15) is 0 Å². The number of methoxy groups -OCH3 is 2. The number of hydrogen-bond donors (Lipinski definition) is 0. The molecule has 0 fully saturated rings. The Morgan fingerprint density at radius 1 is 0.795 bits per heavy atom. The van der Waals surface area contributed by atoms with E-state index < -0.39 is 0 Å². The molecule has 0 bridgehead atoms. The molecule has 6 rings (SSSR count). The van der Waals surface area contributed by atoms with E-state index in [9.17, 15) is 0 Å². The maximum absolute atomic E-state index is 6.39. The van der Waals surface area contributed by atoms with Crippen LogP contribution in [-0.2, 0) is 0 Å². The van der Waals surface area contributed by atoms with Gasteiger partial charge in [-0.3, -0.25) is 0 Å². The van der Waals surface area contributed by atoms with Crippen LogP contribution in [0.15, 0.2) is 96.1 Å². The molecule has 0 saturated carbocycles. The molecule has 0 spiro atoms. The molecule has 1 aliphatic rings. The van der Waals surface area contributed by atoms with Crippen LogP contribution in [0.2, 0.25) is 5.02 Å². The summed E-state index contributed by atoms with van der Waals surface area (Å²) >= 11 is 6.39. The van der Waals surface area contributed by atoms with E-state index in [0.717, 1.165) is 39.0 Å². The van der Waals surface area contributed by atoms with Crippen molar-refractivity contribution in [1.29, 1.82) is 0 Å². The fraction of sp³-hybridized carbons (Fsp3) is 0.156. The van der Waals surface area contributed by atoms with Crippen molar-refractivity contribution in [1.82, 2.24) is 9.97 Å². The van der Waals surface area contributed by atoms with Crippen molar-refractivity contribution < 1.29 is 9.47 Å². The zero-order valence-electron chi connectivity index (χ0n) is 21.9. The van der Waals surface area contributed by atoms with E-state index in [1.807, 2.05) is 71.7 Å². The van der Waals surface area contributed by atoms with Crippen molar-refractivity contribution in [2.75, 3.05) is 19.2 Å². The van der Waals surface area contributed by atoms with Gasteiger partial charge in [-0.2, -0.15) is 5.10 Å². The van der Waals surface area contributed by atoms with Gasteiger partial charge in [0.05, 0.1) is 37.2 Å². The third-order valence-corrected chi connectivity index (χ3v) is 7.22. The molecular weight excluding hydrogens is 508 g/mol. The topological polar surface area (TPSA) is 59.8 Å². The molecular formula is C32H27ClN4O2. The Bertz CT molecular complexity index is 1690. The third kappa shape index (κ3) is 4.79. The lowest BCUT2D eigenvalue weighted by Gasteiger charge is -2.23. The number of benzene rings is 4. The Labute approximate surface area is 232 Å². The van der Waals surface area contributed by atoms with Gasteiger partial charge in [0.2, 0.25) is 5.95 Å². The molecule has 4 aromatic carbocycles. The first-order chi connectivity index (χ1) is 19.0. The number of rotatable bonds is 6. The van der Waals surface area contributed by atoms with Crippen LogP contribution in [0.3, 0.4) is 0 Å². The molecule has 5 aromatic rings. The summed E-state index contributed by atoms with van der Waals surface area (Å²) in [6, 6.07) is 30.2. The van der Waals surface area contributed by atoms with Crippen LogP contribution in [0.1, 0.15) is 29.2 Å². The minimum absolute atomic E-state index is 0.0814. The Balaban J connectivity index is 1.52. The van der Waals surface area contributed by atoms with Gasteiger partial charge < -0.3 is 9.47 Å². The minimum atomic E-state index is -0.0814. The maximum atomic E-state index is 6.39. The van der Waals surface area contributed by atoms with Gasteiger partial charge in [0, 0.05) is 28.0 Å². The van der Waals surface area contributed by atoms with Crippen molar-refractivity contribution in [2.24, 2.45) is 5.10 Å². The summed E-state index contributed by atoms with van der Waals surface area (Å²) in [6.45, 7) is 2.09. The summed E-state index contributed by atoms with van der Waals surface area (Å²) < 4.78 is 11.0. The zero-order chi connectivity index (χ0) is 26.9. The lowest BCUT2D eigenvalue weighted by molar-refractivity contribution is 0.355. The number of hydrazone groups is 1. The molecule has 1 aliphatic heterocycles. The quantitative estimate of drug-likeness (QED) is 0.224. The monoisotopic (exact) mass is 534 g/mol. The van der Waals surface area contributed by atoms with Crippen LogP contribution in [0.5, 0.6) is 11.5 Å². The Morgan fingerprint density at radius 3 is 2.31 bits per heavy atom. The molecule has 2 heterocycles. The predicted octanol–water partition coefficient (Wildman–Crippen LogP) is 7.63. The van der Waals surface area contributed by atoms with Gasteiger partial charge in [-0.25, -0.2) is 15.0 Å². The minimum Gasteiger partial charge on any atom is -0.493 e. The molecule has 1 unspecified atom stereocenters. The molecule has 194 valence electrons. The molecule has 0 saturated heterocycles. The number of halogens is 1. The van der Waals surface area contributed by atoms with E-state index in [1.165, 1.54) is 5.56 Å². The molecule has 6 nitrogen and oxygen atoms in total. The van der Waals surface area contributed by atoms with Crippen molar-refractivity contribution >= 4 is 34.2 Å². The first-order valence-corrected chi connectivity index (χ1v) is 13.1. The molecule has 0 N–H and O–H groups in total. The lowest BCUT2D eigenvalue weighted by Crippen LogP contribution is -2.21. The van der Waals surface area contributed by atoms with Crippen molar-refractivity contribution in [2.45, 2.75) is 19.4 Å². The highest BCUT2D eigenvalue weighted by Gasteiger charge is 2.32. The third-order valence-electron chi connectivity index (χ3n) is 6.99. The van der Waals surface area contributed by atoms with Crippen molar-refractivity contribution in [3.8, 4) is 22.8 Å². The number of fused-ring (bicyclic) bond motifs is 1. The van der Waals surface area contributed by atoms with E-state index >= 15 is 0 Å². The fourth-order valence-corrected chi connectivity index (χ4v) is 5.11. The van der Waals surface area contributed by atoms with Gasteiger partial charge in [-0.1, -0.05) is 71.8 Å². The van der Waals surface area contributed by atoms with E-state index in [0.29, 0.717) is 28.9 Å². The van der Waals surface area contributed by atoms with E-state index in [-0.39, 0.29) is 6.04 Å². The summed E-state index contributed by atoms with van der Waals surface area (Å²) in [5.74, 6) is 1.87. The Morgan fingerprint density at radius 2 is 1.56 bits per heavy atom. The number of nitrogens with zero attached hydrogens (tertiary/aromatic N) is 4. The second-order valence-electron chi connectivity index (χ2n) is 9.49. The highest BCUT2D eigenvalue weighted by molar-refractivity contribution is 6.31. The molecule has 1 aromatic heterocycles. The second kappa shape index (κ2) is 10.4. The average molecular weight is 535 g/mol. The smallest absolute Gasteiger partial charge is 0.247 e. The van der Waals surface area contributed by atoms with Crippen LogP contribution in [0.25, 0.3) is 22.2 Å². The number of aryl methyl sites for hydroxylation is 1. The van der Waals surface area contributed by atoms with Gasteiger partial charge in [0.15, 0.2) is 11.5 Å². The molecule has 0 aliphatic carbocycles. The Hall–Kier alpha value is -4.42. The summed E-state index contributed by atoms with van der Waals surface area (Å²) in [4.78, 5) is 10.1. The summed E-state index contributed by atoms with van der Waals surface area (Å²) in [6.07, 6.45) is 0.682. The number of hydrogen-bond acceptors (Lipinski definition) is 6. The molecule has 7 heteroatoms. The van der Waals surface area contributed by atoms with Gasteiger partial charge in [-0.05, 0) is 48.9 Å². The van der Waals surface area contributed by atoms with Crippen LogP contribution < -0.4 is 14.5 Å².